The Balaban J connectivity index is 0.00000225. The highest BCUT2D eigenvalue weighted by atomic mass is 35.5. The van der Waals surface area contributed by atoms with Crippen LogP contribution in [0, 0.1) is 5.92 Å². The van der Waals surface area contributed by atoms with E-state index in [1.54, 1.807) is 16.4 Å². The summed E-state index contributed by atoms with van der Waals surface area (Å²) in [5.41, 5.74) is 0. The molecule has 1 atom stereocenters. The first-order valence-corrected chi connectivity index (χ1v) is 10.8. The molecule has 3 heterocycles. The summed E-state index contributed by atoms with van der Waals surface area (Å²) in [6, 6.07) is 3.43. The number of sulfonamides is 1. The van der Waals surface area contributed by atoms with Gasteiger partial charge >= 0.3 is 0 Å². The van der Waals surface area contributed by atoms with Crippen molar-refractivity contribution in [3.63, 3.8) is 0 Å². The Morgan fingerprint density at radius 2 is 2.00 bits per heavy atom. The van der Waals surface area contributed by atoms with Crippen molar-refractivity contribution in [1.29, 1.82) is 0 Å². The molecule has 1 N–H and O–H groups in total. The summed E-state index contributed by atoms with van der Waals surface area (Å²) in [5.74, 6) is 0.619. The van der Waals surface area contributed by atoms with Crippen molar-refractivity contribution < 1.29 is 13.2 Å². The van der Waals surface area contributed by atoms with Crippen molar-refractivity contribution in [3.8, 4) is 0 Å². The van der Waals surface area contributed by atoms with E-state index in [4.69, 9.17) is 0 Å². The number of hydrogen-bond acceptors (Lipinski definition) is 5. The number of amides is 1. The number of halogens is 1. The van der Waals surface area contributed by atoms with Crippen molar-refractivity contribution in [3.05, 3.63) is 17.0 Å². The molecular weight excluding hydrogens is 382 g/mol. The second kappa shape index (κ2) is 8.81. The molecule has 0 bridgehead atoms. The summed E-state index contributed by atoms with van der Waals surface area (Å²) < 4.78 is 27.0. The van der Waals surface area contributed by atoms with Crippen molar-refractivity contribution in [2.45, 2.75) is 29.9 Å². The number of nitrogens with zero attached hydrogens (tertiary/aromatic N) is 2. The van der Waals surface area contributed by atoms with E-state index in [-0.39, 0.29) is 18.3 Å². The van der Waals surface area contributed by atoms with Crippen LogP contribution in [0.5, 0.6) is 0 Å². The maximum Gasteiger partial charge on any atom is 0.252 e. The quantitative estimate of drug-likeness (QED) is 0.777. The van der Waals surface area contributed by atoms with Gasteiger partial charge in [0.25, 0.3) is 10.0 Å². The van der Waals surface area contributed by atoms with Crippen LogP contribution in [-0.2, 0) is 21.2 Å². The first-order chi connectivity index (χ1) is 11.5. The Hall–Kier alpha value is -0.670. The molecule has 142 valence electrons. The molecule has 6 nitrogen and oxygen atoms in total. The molecule has 0 aliphatic carbocycles. The summed E-state index contributed by atoms with van der Waals surface area (Å²) in [4.78, 5) is 15.2. The van der Waals surface area contributed by atoms with E-state index < -0.39 is 10.0 Å². The fourth-order valence-corrected chi connectivity index (χ4v) is 6.44. The lowest BCUT2D eigenvalue weighted by Crippen LogP contribution is -2.31. The predicted octanol–water partition coefficient (Wildman–Crippen LogP) is 1.56. The van der Waals surface area contributed by atoms with Gasteiger partial charge in [-0.3, -0.25) is 4.79 Å². The highest BCUT2D eigenvalue weighted by molar-refractivity contribution is 7.91. The molecule has 2 aliphatic rings. The summed E-state index contributed by atoms with van der Waals surface area (Å²) in [7, 11) is -1.44. The van der Waals surface area contributed by atoms with E-state index in [9.17, 15) is 13.2 Å². The Bertz CT molecular complexity index is 687. The first kappa shape index (κ1) is 20.6. The zero-order valence-electron chi connectivity index (χ0n) is 14.4. The van der Waals surface area contributed by atoms with Crippen LogP contribution in [0.4, 0.5) is 0 Å². The van der Waals surface area contributed by atoms with Crippen molar-refractivity contribution in [1.82, 2.24) is 14.5 Å². The third kappa shape index (κ3) is 4.74. The number of nitrogens with one attached hydrogen (secondary N) is 1. The highest BCUT2D eigenvalue weighted by Crippen LogP contribution is 2.28. The number of thiophene rings is 1. The van der Waals surface area contributed by atoms with E-state index in [0.29, 0.717) is 29.6 Å². The molecule has 1 aromatic rings. The molecule has 1 unspecified atom stereocenters. The van der Waals surface area contributed by atoms with Gasteiger partial charge in [0, 0.05) is 31.1 Å². The number of likely N-dealkylation sites (tertiary alicyclic amines) is 1. The molecule has 0 spiro atoms. The van der Waals surface area contributed by atoms with Gasteiger partial charge in [-0.05, 0) is 50.9 Å². The molecule has 2 aliphatic heterocycles. The lowest BCUT2D eigenvalue weighted by Gasteiger charge is -2.16. The average Bonchev–Trinajstić information content (AvgIpc) is 3.29. The fourth-order valence-electron chi connectivity index (χ4n) is 3.42. The van der Waals surface area contributed by atoms with E-state index >= 15 is 0 Å². The third-order valence-electron chi connectivity index (χ3n) is 4.75. The van der Waals surface area contributed by atoms with E-state index in [2.05, 4.69) is 5.32 Å². The standard InChI is InChI=1S/C16H25N3O3S2.ClH/c1-17-11-13-6-9-18(12-13)15(20)10-14-4-5-16(23-14)24(21,22)19-7-2-3-8-19;/h4-5,13,17H,2-3,6-12H2,1H3;1H. The van der Waals surface area contributed by atoms with Crippen molar-refractivity contribution >= 4 is 39.7 Å². The van der Waals surface area contributed by atoms with Gasteiger partial charge < -0.3 is 10.2 Å². The minimum absolute atomic E-state index is 0. The maximum atomic E-state index is 12.5. The first-order valence-electron chi connectivity index (χ1n) is 8.52. The van der Waals surface area contributed by atoms with Gasteiger partial charge in [-0.1, -0.05) is 0 Å². The Morgan fingerprint density at radius 3 is 2.68 bits per heavy atom. The van der Waals surface area contributed by atoms with E-state index in [1.807, 2.05) is 11.9 Å². The molecule has 2 saturated heterocycles. The van der Waals surface area contributed by atoms with Crippen LogP contribution in [0.25, 0.3) is 0 Å². The lowest BCUT2D eigenvalue weighted by molar-refractivity contribution is -0.129. The summed E-state index contributed by atoms with van der Waals surface area (Å²) in [5, 5.41) is 3.16. The second-order valence-electron chi connectivity index (χ2n) is 6.56. The van der Waals surface area contributed by atoms with E-state index in [1.165, 1.54) is 11.3 Å². The van der Waals surface area contributed by atoms with Gasteiger partial charge in [-0.15, -0.1) is 23.7 Å². The smallest absolute Gasteiger partial charge is 0.252 e. The van der Waals surface area contributed by atoms with Crippen molar-refractivity contribution in [2.24, 2.45) is 5.92 Å². The normalized spacial score (nSPS) is 21.5. The maximum absolute atomic E-state index is 12.5. The molecule has 1 amide bonds. The molecule has 25 heavy (non-hydrogen) atoms. The SMILES string of the molecule is CNCC1CCN(C(=O)Cc2ccc(S(=O)(=O)N3CCCC3)s2)C1.Cl. The van der Waals surface area contributed by atoms with Crippen LogP contribution in [-0.4, -0.2) is 63.3 Å². The van der Waals surface area contributed by atoms with Crippen LogP contribution in [0.1, 0.15) is 24.1 Å². The molecule has 0 aromatic carbocycles. The second-order valence-corrected chi connectivity index (χ2v) is 9.89. The van der Waals surface area contributed by atoms with Crippen molar-refractivity contribution in [2.75, 3.05) is 39.8 Å². The van der Waals surface area contributed by atoms with Crippen LogP contribution in [0.3, 0.4) is 0 Å². The van der Waals surface area contributed by atoms with Crippen LogP contribution in [0.2, 0.25) is 0 Å². The Morgan fingerprint density at radius 1 is 1.28 bits per heavy atom. The predicted molar refractivity (Wildman–Crippen MR) is 102 cm³/mol. The zero-order valence-corrected chi connectivity index (χ0v) is 16.9. The highest BCUT2D eigenvalue weighted by Gasteiger charge is 2.29. The molecule has 0 saturated carbocycles. The zero-order chi connectivity index (χ0) is 17.2. The van der Waals surface area contributed by atoms with Gasteiger partial charge in [0.2, 0.25) is 5.91 Å². The Labute approximate surface area is 160 Å². The molecular formula is C16H26ClN3O3S2. The minimum atomic E-state index is -3.37. The molecule has 1 aromatic heterocycles. The molecule has 3 rings (SSSR count). The van der Waals surface area contributed by atoms with Gasteiger partial charge in [0.1, 0.15) is 4.21 Å². The summed E-state index contributed by atoms with van der Waals surface area (Å²) in [6.07, 6.45) is 3.19. The molecule has 9 heteroatoms. The average molecular weight is 408 g/mol. The number of rotatable bonds is 6. The summed E-state index contributed by atoms with van der Waals surface area (Å²) >= 11 is 1.24. The van der Waals surface area contributed by atoms with Gasteiger partial charge in [-0.25, -0.2) is 8.42 Å². The van der Waals surface area contributed by atoms with E-state index in [0.717, 1.165) is 43.8 Å². The number of carbonyl (C=O) groups excluding carboxylic acids is 1. The van der Waals surface area contributed by atoms with Crippen LogP contribution < -0.4 is 5.32 Å². The van der Waals surface area contributed by atoms with Gasteiger partial charge in [0.15, 0.2) is 0 Å². The summed E-state index contributed by atoms with van der Waals surface area (Å²) in [6.45, 7) is 3.74. The minimum Gasteiger partial charge on any atom is -0.342 e. The van der Waals surface area contributed by atoms with Crippen LogP contribution >= 0.6 is 23.7 Å². The Kier molecular flexibility index (Phi) is 7.28. The lowest BCUT2D eigenvalue weighted by atomic mass is 10.1. The third-order valence-corrected chi connectivity index (χ3v) is 8.20. The topological polar surface area (TPSA) is 69.7 Å². The van der Waals surface area contributed by atoms with Crippen LogP contribution in [0.15, 0.2) is 16.3 Å². The largest absolute Gasteiger partial charge is 0.342 e. The van der Waals surface area contributed by atoms with Gasteiger partial charge in [-0.2, -0.15) is 4.31 Å². The molecule has 2 fully saturated rings. The molecule has 0 radical (unpaired) electrons. The number of carbonyl (C=O) groups is 1. The number of hydrogen-bond donors (Lipinski definition) is 1. The van der Waals surface area contributed by atoms with Gasteiger partial charge in [0.05, 0.1) is 6.42 Å². The fraction of sp³-hybridized carbons (Fsp3) is 0.688. The monoisotopic (exact) mass is 407 g/mol.